The zero-order valence-corrected chi connectivity index (χ0v) is 11.5. The lowest BCUT2D eigenvalue weighted by molar-refractivity contribution is -0.384. The summed E-state index contributed by atoms with van der Waals surface area (Å²) in [5, 5.41) is 16.4. The molecule has 2 aromatic carbocycles. The van der Waals surface area contributed by atoms with Crippen LogP contribution in [0.3, 0.4) is 0 Å². The highest BCUT2D eigenvalue weighted by molar-refractivity contribution is 6.04. The first-order valence-electron chi connectivity index (χ1n) is 6.50. The van der Waals surface area contributed by atoms with E-state index in [2.05, 4.69) is 10.6 Å². The van der Waals surface area contributed by atoms with Crippen LogP contribution in [0, 0.1) is 10.1 Å². The van der Waals surface area contributed by atoms with E-state index < -0.39 is 4.92 Å². The Morgan fingerprint density at radius 3 is 2.14 bits per heavy atom. The SMILES string of the molecule is CCNc1ccc(C(=O)Nc2ccc([N+](=O)[O-])cc2)cc1. The Labute approximate surface area is 121 Å². The fourth-order valence-corrected chi connectivity index (χ4v) is 1.81. The van der Waals surface area contributed by atoms with Crippen LogP contribution in [0.5, 0.6) is 0 Å². The number of nitro groups is 1. The molecule has 0 saturated heterocycles. The molecule has 2 N–H and O–H groups in total. The average molecular weight is 285 g/mol. The van der Waals surface area contributed by atoms with Gasteiger partial charge in [-0.3, -0.25) is 14.9 Å². The highest BCUT2D eigenvalue weighted by atomic mass is 16.6. The topological polar surface area (TPSA) is 84.3 Å². The lowest BCUT2D eigenvalue weighted by Gasteiger charge is -2.07. The van der Waals surface area contributed by atoms with E-state index in [-0.39, 0.29) is 11.6 Å². The normalized spacial score (nSPS) is 9.95. The first-order chi connectivity index (χ1) is 10.1. The van der Waals surface area contributed by atoms with Gasteiger partial charge in [0.15, 0.2) is 0 Å². The summed E-state index contributed by atoms with van der Waals surface area (Å²) in [5.41, 5.74) is 1.98. The average Bonchev–Trinajstić information content (AvgIpc) is 2.49. The number of nitrogens with one attached hydrogen (secondary N) is 2. The smallest absolute Gasteiger partial charge is 0.269 e. The second kappa shape index (κ2) is 6.51. The van der Waals surface area contributed by atoms with Crippen LogP contribution in [0.2, 0.25) is 0 Å². The van der Waals surface area contributed by atoms with E-state index in [1.807, 2.05) is 19.1 Å². The number of rotatable bonds is 5. The van der Waals surface area contributed by atoms with E-state index in [4.69, 9.17) is 0 Å². The molecule has 0 aliphatic rings. The van der Waals surface area contributed by atoms with Crippen molar-refractivity contribution < 1.29 is 9.72 Å². The van der Waals surface area contributed by atoms with Crippen molar-refractivity contribution in [2.45, 2.75) is 6.92 Å². The number of carbonyl (C=O) groups is 1. The lowest BCUT2D eigenvalue weighted by atomic mass is 10.2. The van der Waals surface area contributed by atoms with Gasteiger partial charge in [0, 0.05) is 35.6 Å². The van der Waals surface area contributed by atoms with Crippen molar-refractivity contribution >= 4 is 23.0 Å². The molecule has 0 bridgehead atoms. The molecule has 0 unspecified atom stereocenters. The zero-order valence-electron chi connectivity index (χ0n) is 11.5. The minimum atomic E-state index is -0.481. The molecule has 0 aliphatic carbocycles. The third-order valence-corrected chi connectivity index (χ3v) is 2.86. The number of nitrogens with zero attached hydrogens (tertiary/aromatic N) is 1. The largest absolute Gasteiger partial charge is 0.385 e. The molecule has 1 amide bonds. The van der Waals surface area contributed by atoms with Gasteiger partial charge in [0.05, 0.1) is 4.92 Å². The standard InChI is InChI=1S/C15H15N3O3/c1-2-16-12-5-3-11(4-6-12)15(19)17-13-7-9-14(10-8-13)18(20)21/h3-10,16H,2H2,1H3,(H,17,19). The number of carbonyl (C=O) groups excluding carboxylic acids is 1. The minimum Gasteiger partial charge on any atom is -0.385 e. The summed E-state index contributed by atoms with van der Waals surface area (Å²) < 4.78 is 0. The summed E-state index contributed by atoms with van der Waals surface area (Å²) in [5.74, 6) is -0.257. The molecule has 0 atom stereocenters. The van der Waals surface area contributed by atoms with Crippen LogP contribution in [-0.4, -0.2) is 17.4 Å². The molecular weight excluding hydrogens is 270 g/mol. The Bertz CT molecular complexity index is 636. The Kier molecular flexibility index (Phi) is 4.50. The van der Waals surface area contributed by atoms with Gasteiger partial charge in [0.2, 0.25) is 0 Å². The molecule has 0 heterocycles. The van der Waals surface area contributed by atoms with Crippen LogP contribution in [-0.2, 0) is 0 Å². The van der Waals surface area contributed by atoms with Gasteiger partial charge in [0.25, 0.3) is 11.6 Å². The number of anilines is 2. The van der Waals surface area contributed by atoms with Crippen molar-refractivity contribution in [3.8, 4) is 0 Å². The van der Waals surface area contributed by atoms with E-state index in [0.717, 1.165) is 12.2 Å². The monoisotopic (exact) mass is 285 g/mol. The van der Waals surface area contributed by atoms with Crippen LogP contribution in [0.15, 0.2) is 48.5 Å². The summed E-state index contributed by atoms with van der Waals surface area (Å²) in [4.78, 5) is 22.1. The molecule has 6 heteroatoms. The van der Waals surface area contributed by atoms with Crippen LogP contribution in [0.4, 0.5) is 17.1 Å². The lowest BCUT2D eigenvalue weighted by Crippen LogP contribution is -2.11. The van der Waals surface area contributed by atoms with Crippen molar-refractivity contribution in [2.24, 2.45) is 0 Å². The second-order valence-electron chi connectivity index (χ2n) is 4.37. The summed E-state index contributed by atoms with van der Waals surface area (Å²) in [6.07, 6.45) is 0. The first kappa shape index (κ1) is 14.5. The number of benzene rings is 2. The summed E-state index contributed by atoms with van der Waals surface area (Å²) >= 11 is 0. The maximum Gasteiger partial charge on any atom is 0.269 e. The summed E-state index contributed by atoms with van der Waals surface area (Å²) in [6, 6.07) is 12.8. The van der Waals surface area contributed by atoms with Crippen LogP contribution < -0.4 is 10.6 Å². The molecular formula is C15H15N3O3. The van der Waals surface area contributed by atoms with E-state index in [9.17, 15) is 14.9 Å². The van der Waals surface area contributed by atoms with E-state index >= 15 is 0 Å². The fraction of sp³-hybridized carbons (Fsp3) is 0.133. The van der Waals surface area contributed by atoms with Gasteiger partial charge in [-0.2, -0.15) is 0 Å². The molecule has 2 aromatic rings. The van der Waals surface area contributed by atoms with Crippen molar-refractivity contribution in [1.82, 2.24) is 0 Å². The predicted molar refractivity (Wildman–Crippen MR) is 81.7 cm³/mol. The molecule has 0 spiro atoms. The van der Waals surface area contributed by atoms with Crippen molar-refractivity contribution in [3.63, 3.8) is 0 Å². The Hall–Kier alpha value is -2.89. The Balaban J connectivity index is 2.05. The Morgan fingerprint density at radius 1 is 1.05 bits per heavy atom. The number of hydrogen-bond acceptors (Lipinski definition) is 4. The molecule has 0 fully saturated rings. The van der Waals surface area contributed by atoms with Crippen LogP contribution >= 0.6 is 0 Å². The predicted octanol–water partition coefficient (Wildman–Crippen LogP) is 3.28. The van der Waals surface area contributed by atoms with E-state index in [1.54, 1.807) is 12.1 Å². The molecule has 0 saturated carbocycles. The van der Waals surface area contributed by atoms with Crippen LogP contribution in [0.25, 0.3) is 0 Å². The fourth-order valence-electron chi connectivity index (χ4n) is 1.81. The zero-order chi connectivity index (χ0) is 15.2. The van der Waals surface area contributed by atoms with Gasteiger partial charge in [-0.1, -0.05) is 0 Å². The van der Waals surface area contributed by atoms with Gasteiger partial charge in [-0.05, 0) is 43.3 Å². The highest BCUT2D eigenvalue weighted by Crippen LogP contribution is 2.17. The van der Waals surface area contributed by atoms with Gasteiger partial charge < -0.3 is 10.6 Å². The molecule has 0 aromatic heterocycles. The van der Waals surface area contributed by atoms with Crippen molar-refractivity contribution in [1.29, 1.82) is 0 Å². The second-order valence-corrected chi connectivity index (χ2v) is 4.37. The maximum atomic E-state index is 12.0. The minimum absolute atomic E-state index is 0.0111. The number of hydrogen-bond donors (Lipinski definition) is 2. The number of amides is 1. The molecule has 2 rings (SSSR count). The third-order valence-electron chi connectivity index (χ3n) is 2.86. The maximum absolute atomic E-state index is 12.0. The van der Waals surface area contributed by atoms with Crippen molar-refractivity contribution in [2.75, 3.05) is 17.2 Å². The van der Waals surface area contributed by atoms with Gasteiger partial charge >= 0.3 is 0 Å². The first-order valence-corrected chi connectivity index (χ1v) is 6.50. The van der Waals surface area contributed by atoms with E-state index in [0.29, 0.717) is 11.3 Å². The quantitative estimate of drug-likeness (QED) is 0.652. The molecule has 108 valence electrons. The van der Waals surface area contributed by atoms with Gasteiger partial charge in [0.1, 0.15) is 0 Å². The van der Waals surface area contributed by atoms with Gasteiger partial charge in [-0.15, -0.1) is 0 Å². The molecule has 21 heavy (non-hydrogen) atoms. The van der Waals surface area contributed by atoms with Crippen LogP contribution in [0.1, 0.15) is 17.3 Å². The molecule has 6 nitrogen and oxygen atoms in total. The molecule has 0 radical (unpaired) electrons. The van der Waals surface area contributed by atoms with E-state index in [1.165, 1.54) is 24.3 Å². The Morgan fingerprint density at radius 2 is 1.62 bits per heavy atom. The number of non-ortho nitro benzene ring substituents is 1. The summed E-state index contributed by atoms with van der Waals surface area (Å²) in [7, 11) is 0. The summed E-state index contributed by atoms with van der Waals surface area (Å²) in [6.45, 7) is 2.81. The highest BCUT2D eigenvalue weighted by Gasteiger charge is 2.08. The van der Waals surface area contributed by atoms with Crippen molar-refractivity contribution in [3.05, 3.63) is 64.2 Å². The number of nitro benzene ring substituents is 1. The molecule has 0 aliphatic heterocycles. The van der Waals surface area contributed by atoms with Gasteiger partial charge in [-0.25, -0.2) is 0 Å². The third kappa shape index (κ3) is 3.79.